The first-order chi connectivity index (χ1) is 9.11. The van der Waals surface area contributed by atoms with Crippen LogP contribution in [0.1, 0.15) is 22.8 Å². The fourth-order valence-electron chi connectivity index (χ4n) is 1.98. The highest BCUT2D eigenvalue weighted by Crippen LogP contribution is 2.25. The van der Waals surface area contributed by atoms with Crippen molar-refractivity contribution in [2.75, 3.05) is 7.05 Å². The summed E-state index contributed by atoms with van der Waals surface area (Å²) in [5.74, 6) is -1.40. The lowest BCUT2D eigenvalue weighted by Crippen LogP contribution is -2.07. The van der Waals surface area contributed by atoms with E-state index >= 15 is 0 Å². The number of nitrogens with one attached hydrogen (secondary N) is 1. The van der Waals surface area contributed by atoms with Crippen molar-refractivity contribution in [2.24, 2.45) is 0 Å². The van der Waals surface area contributed by atoms with Crippen LogP contribution < -0.4 is 5.32 Å². The molecular weight excluding hydrogens is 248 g/mol. The van der Waals surface area contributed by atoms with Gasteiger partial charge in [0.15, 0.2) is 0 Å². The van der Waals surface area contributed by atoms with Gasteiger partial charge in [0, 0.05) is 18.2 Å². The maximum atomic E-state index is 13.6. The molecule has 1 atom stereocenters. The Bertz CT molecular complexity index is 572. The third kappa shape index (κ3) is 3.16. The van der Waals surface area contributed by atoms with E-state index in [1.807, 2.05) is 13.1 Å². The van der Waals surface area contributed by atoms with Gasteiger partial charge in [-0.25, -0.2) is 8.78 Å². The van der Waals surface area contributed by atoms with E-state index in [0.717, 1.165) is 17.7 Å². The van der Waals surface area contributed by atoms with Gasteiger partial charge in [0.25, 0.3) is 0 Å². The van der Waals surface area contributed by atoms with Gasteiger partial charge in [0.05, 0.1) is 0 Å². The zero-order valence-electron chi connectivity index (χ0n) is 10.5. The highest BCUT2D eigenvalue weighted by atomic mass is 19.1. The Hall–Kier alpha value is -1.78. The van der Waals surface area contributed by atoms with Crippen LogP contribution in [0.2, 0.25) is 0 Å². The summed E-state index contributed by atoms with van der Waals surface area (Å²) >= 11 is 0. The molecule has 2 aromatic carbocycles. The Morgan fingerprint density at radius 2 is 1.95 bits per heavy atom. The number of benzene rings is 2. The lowest BCUT2D eigenvalue weighted by atomic mass is 9.99. The fraction of sp³-hybridized carbons (Fsp3) is 0.200. The molecule has 2 aromatic rings. The maximum Gasteiger partial charge on any atom is 0.132 e. The van der Waals surface area contributed by atoms with Crippen molar-refractivity contribution in [3.63, 3.8) is 0 Å². The monoisotopic (exact) mass is 263 g/mol. The van der Waals surface area contributed by atoms with Crippen molar-refractivity contribution in [1.29, 1.82) is 0 Å². The van der Waals surface area contributed by atoms with E-state index in [2.05, 4.69) is 5.32 Å². The molecule has 4 heteroatoms. The number of aliphatic hydroxyl groups excluding tert-OH is 1. The van der Waals surface area contributed by atoms with E-state index in [1.165, 1.54) is 6.07 Å². The van der Waals surface area contributed by atoms with Crippen molar-refractivity contribution in [3.8, 4) is 0 Å². The molecule has 0 radical (unpaired) electrons. The molecule has 0 fully saturated rings. The van der Waals surface area contributed by atoms with Crippen molar-refractivity contribution < 1.29 is 13.9 Å². The highest BCUT2D eigenvalue weighted by molar-refractivity contribution is 5.33. The Morgan fingerprint density at radius 1 is 1.16 bits per heavy atom. The third-order valence-electron chi connectivity index (χ3n) is 2.90. The number of hydrogen-bond donors (Lipinski definition) is 2. The molecule has 19 heavy (non-hydrogen) atoms. The molecule has 1 unspecified atom stereocenters. The van der Waals surface area contributed by atoms with Gasteiger partial charge in [-0.2, -0.15) is 0 Å². The average molecular weight is 263 g/mol. The summed E-state index contributed by atoms with van der Waals surface area (Å²) in [6.45, 7) is 0.659. The van der Waals surface area contributed by atoms with Gasteiger partial charge in [0.2, 0.25) is 0 Å². The standard InChI is InChI=1S/C15H15F2NO/c1-18-9-10-3-2-4-11(7-10)15(19)13-6-5-12(16)8-14(13)17/h2-8,15,18-19H,9H2,1H3. The lowest BCUT2D eigenvalue weighted by molar-refractivity contribution is 0.214. The molecule has 0 bridgehead atoms. The SMILES string of the molecule is CNCc1cccc(C(O)c2ccc(F)cc2F)c1. The average Bonchev–Trinajstić information content (AvgIpc) is 2.39. The topological polar surface area (TPSA) is 32.3 Å². The Balaban J connectivity index is 2.32. The molecule has 0 heterocycles. The van der Waals surface area contributed by atoms with Crippen LogP contribution in [0.4, 0.5) is 8.78 Å². The van der Waals surface area contributed by atoms with Gasteiger partial charge < -0.3 is 10.4 Å². The smallest absolute Gasteiger partial charge is 0.132 e. The summed E-state index contributed by atoms with van der Waals surface area (Å²) in [4.78, 5) is 0. The Morgan fingerprint density at radius 3 is 2.63 bits per heavy atom. The van der Waals surface area contributed by atoms with Crippen molar-refractivity contribution in [3.05, 3.63) is 70.8 Å². The second-order valence-electron chi connectivity index (χ2n) is 4.34. The zero-order valence-corrected chi connectivity index (χ0v) is 10.5. The molecule has 0 spiro atoms. The number of hydrogen-bond acceptors (Lipinski definition) is 2. The van der Waals surface area contributed by atoms with E-state index in [-0.39, 0.29) is 5.56 Å². The first-order valence-corrected chi connectivity index (χ1v) is 5.98. The minimum Gasteiger partial charge on any atom is -0.384 e. The van der Waals surface area contributed by atoms with Gasteiger partial charge in [-0.05, 0) is 24.2 Å². The molecule has 0 saturated heterocycles. The summed E-state index contributed by atoms with van der Waals surface area (Å²) in [5, 5.41) is 13.2. The molecule has 0 amide bonds. The fourth-order valence-corrected chi connectivity index (χ4v) is 1.98. The predicted molar refractivity (Wildman–Crippen MR) is 69.6 cm³/mol. The van der Waals surface area contributed by atoms with Gasteiger partial charge in [0.1, 0.15) is 17.7 Å². The first kappa shape index (κ1) is 13.6. The van der Waals surface area contributed by atoms with E-state index < -0.39 is 17.7 Å². The highest BCUT2D eigenvalue weighted by Gasteiger charge is 2.15. The first-order valence-electron chi connectivity index (χ1n) is 5.98. The molecule has 0 aromatic heterocycles. The van der Waals surface area contributed by atoms with Crippen molar-refractivity contribution in [1.82, 2.24) is 5.32 Å². The van der Waals surface area contributed by atoms with Crippen LogP contribution in [0.5, 0.6) is 0 Å². The molecule has 100 valence electrons. The predicted octanol–water partition coefficient (Wildman–Crippen LogP) is 2.77. The summed E-state index contributed by atoms with van der Waals surface area (Å²) in [6, 6.07) is 10.4. The number of aliphatic hydroxyl groups is 1. The van der Waals surface area contributed by atoms with Crippen LogP contribution in [0.3, 0.4) is 0 Å². The molecule has 0 aliphatic heterocycles. The molecule has 0 aliphatic carbocycles. The second kappa shape index (κ2) is 5.91. The quantitative estimate of drug-likeness (QED) is 0.889. The summed E-state index contributed by atoms with van der Waals surface area (Å²) in [6.07, 6.45) is -1.10. The minimum atomic E-state index is -1.10. The van der Waals surface area contributed by atoms with Gasteiger partial charge in [-0.3, -0.25) is 0 Å². The van der Waals surface area contributed by atoms with Crippen LogP contribution in [-0.4, -0.2) is 12.2 Å². The van der Waals surface area contributed by atoms with Gasteiger partial charge >= 0.3 is 0 Å². The van der Waals surface area contributed by atoms with Crippen LogP contribution in [0, 0.1) is 11.6 Å². The van der Waals surface area contributed by atoms with E-state index in [9.17, 15) is 13.9 Å². The largest absolute Gasteiger partial charge is 0.384 e. The molecule has 2 rings (SSSR count). The van der Waals surface area contributed by atoms with E-state index in [4.69, 9.17) is 0 Å². The molecule has 2 nitrogen and oxygen atoms in total. The summed E-state index contributed by atoms with van der Waals surface area (Å²) < 4.78 is 26.5. The normalized spacial score (nSPS) is 12.4. The third-order valence-corrected chi connectivity index (χ3v) is 2.90. The Labute approximate surface area is 110 Å². The van der Waals surface area contributed by atoms with Crippen molar-refractivity contribution >= 4 is 0 Å². The molecule has 2 N–H and O–H groups in total. The van der Waals surface area contributed by atoms with Gasteiger partial charge in [-0.15, -0.1) is 0 Å². The number of halogens is 2. The van der Waals surface area contributed by atoms with Crippen molar-refractivity contribution in [2.45, 2.75) is 12.6 Å². The van der Waals surface area contributed by atoms with Crippen LogP contribution in [-0.2, 0) is 6.54 Å². The number of rotatable bonds is 4. The van der Waals surface area contributed by atoms with E-state index in [1.54, 1.807) is 18.2 Å². The Kier molecular flexibility index (Phi) is 4.24. The lowest BCUT2D eigenvalue weighted by Gasteiger charge is -2.13. The molecular formula is C15H15F2NO. The summed E-state index contributed by atoms with van der Waals surface area (Å²) in [7, 11) is 1.82. The second-order valence-corrected chi connectivity index (χ2v) is 4.34. The maximum absolute atomic E-state index is 13.6. The zero-order chi connectivity index (χ0) is 13.8. The van der Waals surface area contributed by atoms with E-state index in [0.29, 0.717) is 12.1 Å². The van der Waals surface area contributed by atoms with Gasteiger partial charge in [-0.1, -0.05) is 30.3 Å². The van der Waals surface area contributed by atoms with Crippen LogP contribution >= 0.6 is 0 Å². The summed E-state index contributed by atoms with van der Waals surface area (Å²) in [5.41, 5.74) is 1.64. The molecule has 0 aliphatic rings. The molecule has 0 saturated carbocycles. The minimum absolute atomic E-state index is 0.0722. The van der Waals surface area contributed by atoms with Crippen LogP contribution in [0.15, 0.2) is 42.5 Å². The van der Waals surface area contributed by atoms with Crippen LogP contribution in [0.25, 0.3) is 0 Å².